The maximum absolute atomic E-state index is 12.0. The molecule has 0 fully saturated rings. The smallest absolute Gasteiger partial charge is 0.293 e. The number of carbonyl (C=O) groups excluding carboxylic acids is 1. The third kappa shape index (κ3) is 4.24. The predicted molar refractivity (Wildman–Crippen MR) is 109 cm³/mol. The fourth-order valence-electron chi connectivity index (χ4n) is 2.49. The van der Waals surface area contributed by atoms with Gasteiger partial charge in [-0.25, -0.2) is 14.2 Å². The van der Waals surface area contributed by atoms with Crippen LogP contribution in [-0.2, 0) is 14.8 Å². The van der Waals surface area contributed by atoms with Gasteiger partial charge < -0.3 is 4.74 Å². The summed E-state index contributed by atoms with van der Waals surface area (Å²) < 4.78 is 32.8. The maximum Gasteiger partial charge on any atom is 0.293 e. The van der Waals surface area contributed by atoms with Gasteiger partial charge in [-0.1, -0.05) is 22.9 Å². The fraction of sp³-hybridized carbons (Fsp3) is 0.0556. The van der Waals surface area contributed by atoms with Crippen molar-refractivity contribution >= 4 is 43.8 Å². The quantitative estimate of drug-likeness (QED) is 0.499. The summed E-state index contributed by atoms with van der Waals surface area (Å²) in [5, 5.41) is 4.63. The number of rotatable bonds is 5. The number of amides is 1. The van der Waals surface area contributed by atoms with E-state index in [1.54, 1.807) is 42.6 Å². The molecular formula is C18H13ClN4O4S2. The summed E-state index contributed by atoms with van der Waals surface area (Å²) in [4.78, 5) is 15.8. The first-order chi connectivity index (χ1) is 13.8. The average Bonchev–Trinajstić information content (AvgIpc) is 3.23. The number of aromatic nitrogens is 3. The molecule has 0 atom stereocenters. The number of nitrogens with one attached hydrogen (secondary N) is 1. The zero-order valence-corrected chi connectivity index (χ0v) is 17.3. The molecule has 1 amide bonds. The molecule has 0 saturated heterocycles. The zero-order chi connectivity index (χ0) is 20.6. The third-order valence-electron chi connectivity index (χ3n) is 3.73. The first kappa shape index (κ1) is 19.4. The topological polar surface area (TPSA) is 103 Å². The van der Waals surface area contributed by atoms with Crippen LogP contribution >= 0.6 is 22.9 Å². The summed E-state index contributed by atoms with van der Waals surface area (Å²) in [6.45, 7) is 1.12. The van der Waals surface area contributed by atoms with Gasteiger partial charge in [0.1, 0.15) is 11.5 Å². The van der Waals surface area contributed by atoms with E-state index in [1.165, 1.54) is 4.52 Å². The van der Waals surface area contributed by atoms with Crippen LogP contribution in [0.15, 0.2) is 59.1 Å². The largest absolute Gasteiger partial charge is 0.457 e. The maximum atomic E-state index is 12.0. The zero-order valence-electron chi connectivity index (χ0n) is 14.9. The minimum Gasteiger partial charge on any atom is -0.457 e. The van der Waals surface area contributed by atoms with Gasteiger partial charge in [0.05, 0.1) is 11.9 Å². The summed E-state index contributed by atoms with van der Waals surface area (Å²) in [5.41, 5.74) is 1.45. The van der Waals surface area contributed by atoms with Gasteiger partial charge >= 0.3 is 0 Å². The Labute approximate surface area is 174 Å². The summed E-state index contributed by atoms with van der Waals surface area (Å²) in [6.07, 6.45) is 1.62. The number of benzene rings is 2. The van der Waals surface area contributed by atoms with Crippen LogP contribution in [0.1, 0.15) is 6.92 Å². The Bertz CT molecular complexity index is 1260. The Morgan fingerprint density at radius 1 is 1.10 bits per heavy atom. The highest BCUT2D eigenvalue weighted by atomic mass is 35.5. The second-order valence-electron chi connectivity index (χ2n) is 5.96. The normalized spacial score (nSPS) is 11.5. The Morgan fingerprint density at radius 3 is 2.31 bits per heavy atom. The number of hydrogen-bond acceptors (Lipinski definition) is 7. The van der Waals surface area contributed by atoms with Crippen molar-refractivity contribution in [2.75, 3.05) is 0 Å². The molecule has 11 heteroatoms. The van der Waals surface area contributed by atoms with Gasteiger partial charge in [0.15, 0.2) is 0 Å². The number of carbonyl (C=O) groups is 1. The predicted octanol–water partition coefficient (Wildman–Crippen LogP) is 3.73. The number of halogens is 1. The van der Waals surface area contributed by atoms with Gasteiger partial charge in [-0.2, -0.15) is 8.42 Å². The molecule has 0 radical (unpaired) electrons. The standard InChI is InChI=1S/C18H13ClN4O4S2/c1-11(24)22-29(25,26)18-21-23-10-16(20-17(23)28-18)12-2-6-14(7-3-12)27-15-8-4-13(19)5-9-15/h2-10H,1H3,(H,22,24). The van der Waals surface area contributed by atoms with Crippen LogP contribution in [0.2, 0.25) is 5.02 Å². The Morgan fingerprint density at radius 2 is 1.72 bits per heavy atom. The number of fused-ring (bicyclic) bond motifs is 1. The van der Waals surface area contributed by atoms with Crippen molar-refractivity contribution in [2.45, 2.75) is 11.3 Å². The van der Waals surface area contributed by atoms with E-state index >= 15 is 0 Å². The summed E-state index contributed by atoms with van der Waals surface area (Å²) in [5.74, 6) is 0.639. The van der Waals surface area contributed by atoms with Gasteiger partial charge in [0.25, 0.3) is 14.4 Å². The number of hydrogen-bond donors (Lipinski definition) is 1. The highest BCUT2D eigenvalue weighted by molar-refractivity contribution is 7.92. The molecule has 0 bridgehead atoms. The van der Waals surface area contributed by atoms with Gasteiger partial charge in [-0.05, 0) is 48.5 Å². The lowest BCUT2D eigenvalue weighted by Gasteiger charge is -2.06. The van der Waals surface area contributed by atoms with Gasteiger partial charge in [-0.15, -0.1) is 5.10 Å². The molecule has 1 N–H and O–H groups in total. The van der Waals surface area contributed by atoms with E-state index < -0.39 is 15.9 Å². The van der Waals surface area contributed by atoms with E-state index in [9.17, 15) is 13.2 Å². The van der Waals surface area contributed by atoms with E-state index in [2.05, 4.69) is 10.1 Å². The molecule has 4 aromatic rings. The van der Waals surface area contributed by atoms with Crippen molar-refractivity contribution in [1.82, 2.24) is 19.3 Å². The molecule has 148 valence electrons. The molecule has 4 rings (SSSR count). The number of sulfonamides is 1. The van der Waals surface area contributed by atoms with Gasteiger partial charge in [0.2, 0.25) is 10.9 Å². The summed E-state index contributed by atoms with van der Waals surface area (Å²) in [6, 6.07) is 14.3. The third-order valence-corrected chi connectivity index (χ3v) is 6.71. The molecule has 2 aromatic heterocycles. The molecule has 2 heterocycles. The second-order valence-corrected chi connectivity index (χ2v) is 9.21. The van der Waals surface area contributed by atoms with E-state index in [0.717, 1.165) is 23.8 Å². The van der Waals surface area contributed by atoms with Crippen LogP contribution in [0.25, 0.3) is 16.2 Å². The molecule has 0 aliphatic rings. The van der Waals surface area contributed by atoms with Gasteiger partial charge in [0, 0.05) is 17.5 Å². The second kappa shape index (κ2) is 7.47. The van der Waals surface area contributed by atoms with Crippen LogP contribution in [0.5, 0.6) is 11.5 Å². The minimum atomic E-state index is -3.98. The first-order valence-corrected chi connectivity index (χ1v) is 10.9. The van der Waals surface area contributed by atoms with Crippen molar-refractivity contribution in [3.63, 3.8) is 0 Å². The fourth-order valence-corrected chi connectivity index (χ4v) is 4.69. The van der Waals surface area contributed by atoms with Crippen LogP contribution in [0, 0.1) is 0 Å². The summed E-state index contributed by atoms with van der Waals surface area (Å²) >= 11 is 6.73. The van der Waals surface area contributed by atoms with Crippen molar-refractivity contribution in [3.05, 3.63) is 59.8 Å². The number of imidazole rings is 1. The molecular weight excluding hydrogens is 436 g/mol. The van der Waals surface area contributed by atoms with Crippen LogP contribution in [-0.4, -0.2) is 28.9 Å². The molecule has 0 aliphatic carbocycles. The Kier molecular flexibility index (Phi) is 4.99. The van der Waals surface area contributed by atoms with Gasteiger partial charge in [-0.3, -0.25) is 4.79 Å². The van der Waals surface area contributed by atoms with Crippen LogP contribution in [0.4, 0.5) is 0 Å². The molecule has 2 aromatic carbocycles. The van der Waals surface area contributed by atoms with E-state index in [0.29, 0.717) is 27.2 Å². The SMILES string of the molecule is CC(=O)NS(=O)(=O)c1nn2cc(-c3ccc(Oc4ccc(Cl)cc4)cc3)nc2s1. The number of ether oxygens (including phenoxy) is 1. The highest BCUT2D eigenvalue weighted by Gasteiger charge is 2.22. The lowest BCUT2D eigenvalue weighted by Crippen LogP contribution is -2.28. The van der Waals surface area contributed by atoms with Crippen LogP contribution in [0.3, 0.4) is 0 Å². The van der Waals surface area contributed by atoms with E-state index in [-0.39, 0.29) is 4.34 Å². The van der Waals surface area contributed by atoms with E-state index in [4.69, 9.17) is 16.3 Å². The molecule has 8 nitrogen and oxygen atoms in total. The van der Waals surface area contributed by atoms with Crippen molar-refractivity contribution < 1.29 is 17.9 Å². The van der Waals surface area contributed by atoms with Crippen molar-refractivity contribution in [3.8, 4) is 22.8 Å². The van der Waals surface area contributed by atoms with Crippen LogP contribution < -0.4 is 9.46 Å². The Balaban J connectivity index is 1.54. The minimum absolute atomic E-state index is 0.228. The molecule has 0 aliphatic heterocycles. The van der Waals surface area contributed by atoms with Crippen molar-refractivity contribution in [1.29, 1.82) is 0 Å². The average molecular weight is 449 g/mol. The lowest BCUT2D eigenvalue weighted by molar-refractivity contribution is -0.117. The molecule has 0 unspecified atom stereocenters. The van der Waals surface area contributed by atoms with E-state index in [1.807, 2.05) is 16.9 Å². The molecule has 29 heavy (non-hydrogen) atoms. The van der Waals surface area contributed by atoms with Crippen molar-refractivity contribution in [2.24, 2.45) is 0 Å². The lowest BCUT2D eigenvalue weighted by atomic mass is 10.2. The molecule has 0 spiro atoms. The molecule has 0 saturated carbocycles. The Hall–Kier alpha value is -2.95. The monoisotopic (exact) mass is 448 g/mol. The summed E-state index contributed by atoms with van der Waals surface area (Å²) in [7, 11) is -3.98. The number of nitrogens with zero attached hydrogens (tertiary/aromatic N) is 3. The highest BCUT2D eigenvalue weighted by Crippen LogP contribution is 2.28. The first-order valence-electron chi connectivity index (χ1n) is 8.24.